The number of amides is 4. The SMILES string of the molecule is COc1ccc(-c2cccc(-c3cccc(-c4cc5cc(c4)N=Nc4cc(cc(-c6cccc(-c7cccc(-c8ccc(OC)cc8)n7)n6)c4)Cn4c6nc(c4C)C(=O)NC(C(C)C)C(=O)NC(C(C)C)c4nc(c(C)n4C5)C(=O)NC(C(C)C)C(=O)NC6C(C)C)n3)n2)cc1. The minimum Gasteiger partial charge on any atom is -0.497 e. The van der Waals surface area contributed by atoms with Crippen molar-refractivity contribution in [3.63, 3.8) is 0 Å². The zero-order valence-corrected chi connectivity index (χ0v) is 56.0. The van der Waals surface area contributed by atoms with Gasteiger partial charge in [0.2, 0.25) is 11.8 Å². The molecule has 0 fully saturated rings. The number of fused-ring (bicyclic) bond motifs is 10. The number of methoxy groups -OCH3 is 2. The number of carbonyl (C=O) groups excluding carboxylic acids is 4. The molecule has 0 saturated heterocycles. The minimum absolute atomic E-state index is 0.0727. The number of azo groups is 1. The van der Waals surface area contributed by atoms with Crippen LogP contribution in [0.15, 0.2) is 168 Å². The highest BCUT2D eigenvalue weighted by Gasteiger charge is 2.37. The van der Waals surface area contributed by atoms with Crippen LogP contribution in [-0.4, -0.2) is 89.0 Å². The Balaban J connectivity index is 1.08. The number of hydrogen-bond donors (Lipinski definition) is 4. The number of hydrogen-bond acceptors (Lipinski definition) is 14. The smallest absolute Gasteiger partial charge is 0.272 e. The second kappa shape index (κ2) is 27.5. The first-order valence-corrected chi connectivity index (χ1v) is 32.5. The topological polar surface area (TPSA) is 247 Å². The van der Waals surface area contributed by atoms with E-state index < -0.39 is 59.6 Å². The molecule has 6 aromatic heterocycles. The molecule has 3 aliphatic heterocycles. The highest BCUT2D eigenvalue weighted by atomic mass is 16.5. The lowest BCUT2D eigenvalue weighted by Crippen LogP contribution is -2.52. The van der Waals surface area contributed by atoms with Gasteiger partial charge in [-0.15, -0.1) is 0 Å². The Morgan fingerprint density at radius 1 is 0.375 bits per heavy atom. The van der Waals surface area contributed by atoms with E-state index in [1.165, 1.54) is 0 Å². The predicted octanol–water partition coefficient (Wildman–Crippen LogP) is 14.0. The summed E-state index contributed by atoms with van der Waals surface area (Å²) in [5.74, 6) is -1.19. The Morgan fingerprint density at radius 3 is 1.00 bits per heavy atom. The van der Waals surface area contributed by atoms with E-state index in [1.807, 2.05) is 236 Å². The van der Waals surface area contributed by atoms with Gasteiger partial charge in [-0.3, -0.25) is 19.2 Å². The summed E-state index contributed by atoms with van der Waals surface area (Å²) in [6.07, 6.45) is 0. The van der Waals surface area contributed by atoms with Crippen LogP contribution >= 0.6 is 0 Å². The predicted molar refractivity (Wildman–Crippen MR) is 370 cm³/mol. The van der Waals surface area contributed by atoms with Crippen LogP contribution in [0.25, 0.3) is 67.8 Å². The van der Waals surface area contributed by atoms with E-state index in [-0.39, 0.29) is 36.3 Å². The van der Waals surface area contributed by atoms with Crippen LogP contribution in [0, 0.1) is 37.5 Å². The van der Waals surface area contributed by atoms with Crippen molar-refractivity contribution < 1.29 is 28.7 Å². The molecule has 3 aliphatic rings. The average molecular weight is 1280 g/mol. The molecule has 4 amide bonds. The van der Waals surface area contributed by atoms with E-state index in [0.29, 0.717) is 79.7 Å². The van der Waals surface area contributed by atoms with Gasteiger partial charge in [-0.25, -0.2) is 29.9 Å². The number of imidazole rings is 2. The molecule has 0 radical (unpaired) electrons. The summed E-state index contributed by atoms with van der Waals surface area (Å²) >= 11 is 0. The summed E-state index contributed by atoms with van der Waals surface area (Å²) < 4.78 is 14.7. The summed E-state index contributed by atoms with van der Waals surface area (Å²) in [6.45, 7) is 19.2. The molecule has 4 N–H and O–H groups in total. The first-order valence-electron chi connectivity index (χ1n) is 32.5. The maximum atomic E-state index is 15.1. The van der Waals surface area contributed by atoms with E-state index >= 15 is 19.2 Å². The monoisotopic (exact) mass is 1280 g/mol. The highest BCUT2D eigenvalue weighted by molar-refractivity contribution is 5.98. The fourth-order valence-electron chi connectivity index (χ4n) is 12.3. The number of ether oxygens (including phenoxy) is 2. The van der Waals surface area contributed by atoms with E-state index in [4.69, 9.17) is 49.6 Å². The summed E-state index contributed by atoms with van der Waals surface area (Å²) in [7, 11) is 3.27. The number of nitrogens with zero attached hydrogens (tertiary/aromatic N) is 10. The van der Waals surface area contributed by atoms with E-state index in [1.54, 1.807) is 14.2 Å². The lowest BCUT2D eigenvalue weighted by atomic mass is 9.99. The first kappa shape index (κ1) is 65.1. The van der Waals surface area contributed by atoms with Crippen LogP contribution in [0.1, 0.15) is 123 Å². The molecule has 4 aromatic carbocycles. The maximum Gasteiger partial charge on any atom is 0.272 e. The maximum absolute atomic E-state index is 15.1. The zero-order valence-electron chi connectivity index (χ0n) is 56.0. The molecule has 0 aliphatic carbocycles. The fraction of sp³-hybridized carbons (Fsp3) is 0.289. The molecular weight excluding hydrogens is 1200 g/mol. The normalized spacial score (nSPS) is 16.8. The van der Waals surface area contributed by atoms with E-state index in [0.717, 1.165) is 45.1 Å². The summed E-state index contributed by atoms with van der Waals surface area (Å²) in [6, 6.07) is 46.9. The van der Waals surface area contributed by atoms with Gasteiger partial charge >= 0.3 is 0 Å². The molecule has 0 spiro atoms. The minimum atomic E-state index is -1.05. The summed E-state index contributed by atoms with van der Waals surface area (Å²) in [5, 5.41) is 22.9. The van der Waals surface area contributed by atoms with Crippen molar-refractivity contribution in [2.24, 2.45) is 33.9 Å². The van der Waals surface area contributed by atoms with Crippen molar-refractivity contribution in [2.75, 3.05) is 14.2 Å². The second-order valence-electron chi connectivity index (χ2n) is 25.9. The molecule has 20 heteroatoms. The Kier molecular flexibility index (Phi) is 18.6. The third kappa shape index (κ3) is 13.7. The second-order valence-corrected chi connectivity index (χ2v) is 25.9. The van der Waals surface area contributed by atoms with Crippen molar-refractivity contribution in [3.05, 3.63) is 203 Å². The average Bonchev–Trinajstić information content (AvgIpc) is 1.59. The zero-order chi connectivity index (χ0) is 67.6. The van der Waals surface area contributed by atoms with Crippen LogP contribution < -0.4 is 30.7 Å². The third-order valence-electron chi connectivity index (χ3n) is 17.7. The number of benzene rings is 4. The van der Waals surface area contributed by atoms with Gasteiger partial charge < -0.3 is 39.9 Å². The van der Waals surface area contributed by atoms with Crippen LogP contribution in [0.4, 0.5) is 11.4 Å². The van der Waals surface area contributed by atoms with Crippen molar-refractivity contribution in [1.82, 2.24) is 60.3 Å². The van der Waals surface area contributed by atoms with Gasteiger partial charge in [-0.2, -0.15) is 10.2 Å². The van der Waals surface area contributed by atoms with Crippen LogP contribution in [0.3, 0.4) is 0 Å². The molecule has 0 saturated carbocycles. The van der Waals surface area contributed by atoms with Gasteiger partial charge in [-0.05, 0) is 182 Å². The van der Waals surface area contributed by atoms with Gasteiger partial charge in [-0.1, -0.05) is 79.7 Å². The Labute approximate surface area is 558 Å². The number of pyridine rings is 4. The largest absolute Gasteiger partial charge is 0.497 e. The first-order chi connectivity index (χ1) is 46.2. The van der Waals surface area contributed by atoms with Crippen molar-refractivity contribution in [2.45, 2.75) is 106 Å². The molecule has 4 unspecified atom stereocenters. The Bertz CT molecular complexity index is 4340. The molecule has 10 aromatic rings. The summed E-state index contributed by atoms with van der Waals surface area (Å²) in [4.78, 5) is 91.4. The van der Waals surface area contributed by atoms with Crippen molar-refractivity contribution in [1.29, 1.82) is 0 Å². The summed E-state index contributed by atoms with van der Waals surface area (Å²) in [5.41, 5.74) is 12.2. The molecule has 10 bridgehead atoms. The third-order valence-corrected chi connectivity index (χ3v) is 17.7. The Hall–Kier alpha value is -11.0. The fourth-order valence-corrected chi connectivity index (χ4v) is 12.3. The molecular formula is C76H78N14O6. The quantitative estimate of drug-likeness (QED) is 0.0892. The molecule has 20 nitrogen and oxygen atoms in total. The van der Waals surface area contributed by atoms with Gasteiger partial charge in [0.25, 0.3) is 11.8 Å². The van der Waals surface area contributed by atoms with Gasteiger partial charge in [0.1, 0.15) is 46.6 Å². The Morgan fingerprint density at radius 2 is 0.688 bits per heavy atom. The number of rotatable bonds is 12. The van der Waals surface area contributed by atoms with E-state index in [2.05, 4.69) is 21.3 Å². The molecule has 9 heterocycles. The van der Waals surface area contributed by atoms with E-state index in [9.17, 15) is 0 Å². The molecule has 96 heavy (non-hydrogen) atoms. The molecule has 13 rings (SSSR count). The van der Waals surface area contributed by atoms with Gasteiger partial charge in [0.05, 0.1) is 83.2 Å². The van der Waals surface area contributed by atoms with Crippen LogP contribution in [0.2, 0.25) is 0 Å². The molecule has 4 atom stereocenters. The standard InChI is InChI=1S/C76H78N14O6/c1-41(2)65-71-81-69-45(9)89(71)39-47-33-51(59-19-15-23-63(79-59)61-21-13-17-57(77-61)49-25-29-55(95-11)30-26-49)37-53(35-47)87-88-54-36-48(34-52(38-54)60-20-16-24-64(80-60)62-22-14-18-58(78-62)50-27-31-56(96-12)32-28-50)40-90-46(10)70(76(94)85-67(43(5)6)73(91)83-65)82-72(90)66(42(3)4)84-74(92)68(44(7)8)86-75(69)93/h13-38,41-44,65-68H,39-40H2,1-12H3,(H,83,91)(H,84,92)(H,85,94)(H,86,93). The van der Waals surface area contributed by atoms with Gasteiger partial charge in [0, 0.05) is 46.7 Å². The number of carbonyl (C=O) groups is 4. The lowest BCUT2D eigenvalue weighted by Gasteiger charge is -2.28. The van der Waals surface area contributed by atoms with Crippen LogP contribution in [0.5, 0.6) is 11.5 Å². The lowest BCUT2D eigenvalue weighted by molar-refractivity contribution is -0.125. The van der Waals surface area contributed by atoms with Crippen molar-refractivity contribution in [3.8, 4) is 79.3 Å². The molecule has 488 valence electrons. The van der Waals surface area contributed by atoms with Crippen LogP contribution in [-0.2, 0) is 22.7 Å². The van der Waals surface area contributed by atoms with Gasteiger partial charge in [0.15, 0.2) is 0 Å². The number of nitrogens with one attached hydrogen (secondary N) is 4. The number of aromatic nitrogens is 8. The van der Waals surface area contributed by atoms with Crippen molar-refractivity contribution >= 4 is 35.0 Å². The highest BCUT2D eigenvalue weighted by Crippen LogP contribution is 2.36.